The summed E-state index contributed by atoms with van der Waals surface area (Å²) in [6.07, 6.45) is 8.83. The first-order valence-corrected chi connectivity index (χ1v) is 8.15. The van der Waals surface area contributed by atoms with Crippen LogP contribution >= 0.6 is 0 Å². The number of nitrogens with zero attached hydrogens (tertiary/aromatic N) is 2. The average Bonchev–Trinajstić information content (AvgIpc) is 3.09. The van der Waals surface area contributed by atoms with Gasteiger partial charge < -0.3 is 10.6 Å². The molecule has 2 unspecified atom stereocenters. The lowest BCUT2D eigenvalue weighted by molar-refractivity contribution is -0.126. The molecule has 5 nitrogen and oxygen atoms in total. The predicted octanol–water partition coefficient (Wildman–Crippen LogP) is 1.42. The molecule has 0 spiro atoms. The van der Waals surface area contributed by atoms with Crippen LogP contribution in [-0.4, -0.2) is 34.8 Å². The summed E-state index contributed by atoms with van der Waals surface area (Å²) in [5.74, 6) is 1.10. The van der Waals surface area contributed by atoms with Crippen LogP contribution in [0.5, 0.6) is 0 Å². The van der Waals surface area contributed by atoms with Crippen molar-refractivity contribution in [3.8, 4) is 0 Å². The summed E-state index contributed by atoms with van der Waals surface area (Å²) in [7, 11) is 1.92. The Morgan fingerprint density at radius 3 is 2.90 bits per heavy atom. The number of aromatic nitrogens is 2. The van der Waals surface area contributed by atoms with Crippen molar-refractivity contribution in [2.45, 2.75) is 44.6 Å². The molecule has 1 saturated carbocycles. The van der Waals surface area contributed by atoms with Gasteiger partial charge in [-0.15, -0.1) is 0 Å². The van der Waals surface area contributed by atoms with Crippen molar-refractivity contribution >= 4 is 5.91 Å². The van der Waals surface area contributed by atoms with E-state index < -0.39 is 0 Å². The van der Waals surface area contributed by atoms with Gasteiger partial charge >= 0.3 is 0 Å². The van der Waals surface area contributed by atoms with Crippen molar-refractivity contribution in [2.75, 3.05) is 13.1 Å². The van der Waals surface area contributed by atoms with E-state index in [-0.39, 0.29) is 17.7 Å². The summed E-state index contributed by atoms with van der Waals surface area (Å²) >= 11 is 0. The smallest absolute Gasteiger partial charge is 0.225 e. The maximum absolute atomic E-state index is 12.7. The van der Waals surface area contributed by atoms with Crippen LogP contribution in [0.25, 0.3) is 0 Å². The molecular weight excluding hydrogens is 264 g/mol. The molecule has 0 aromatic carbocycles. The number of amides is 1. The van der Waals surface area contributed by atoms with Crippen molar-refractivity contribution in [1.82, 2.24) is 20.4 Å². The number of hydrogen-bond acceptors (Lipinski definition) is 3. The van der Waals surface area contributed by atoms with Gasteiger partial charge in [0.25, 0.3) is 0 Å². The molecule has 1 saturated heterocycles. The molecule has 4 atom stereocenters. The van der Waals surface area contributed by atoms with Crippen molar-refractivity contribution in [3.05, 3.63) is 18.0 Å². The molecule has 2 N–H and O–H groups in total. The van der Waals surface area contributed by atoms with E-state index in [1.165, 1.54) is 24.8 Å². The van der Waals surface area contributed by atoms with Crippen LogP contribution in [-0.2, 0) is 11.8 Å². The summed E-state index contributed by atoms with van der Waals surface area (Å²) < 4.78 is 1.81. The van der Waals surface area contributed by atoms with E-state index >= 15 is 0 Å². The molecule has 1 aromatic rings. The maximum Gasteiger partial charge on any atom is 0.225 e. The highest BCUT2D eigenvalue weighted by atomic mass is 16.2. The molecule has 21 heavy (non-hydrogen) atoms. The maximum atomic E-state index is 12.7. The fourth-order valence-corrected chi connectivity index (χ4v) is 3.76. The Kier molecular flexibility index (Phi) is 4.29. The van der Waals surface area contributed by atoms with E-state index in [2.05, 4.69) is 22.7 Å². The van der Waals surface area contributed by atoms with Crippen molar-refractivity contribution in [2.24, 2.45) is 18.9 Å². The summed E-state index contributed by atoms with van der Waals surface area (Å²) in [4.78, 5) is 12.7. The van der Waals surface area contributed by atoms with E-state index in [9.17, 15) is 4.79 Å². The van der Waals surface area contributed by atoms with E-state index in [4.69, 9.17) is 0 Å². The van der Waals surface area contributed by atoms with Gasteiger partial charge in [0.1, 0.15) is 0 Å². The van der Waals surface area contributed by atoms with Crippen molar-refractivity contribution in [3.63, 3.8) is 0 Å². The molecule has 2 fully saturated rings. The molecule has 1 aliphatic heterocycles. The van der Waals surface area contributed by atoms with Crippen LogP contribution in [0.3, 0.4) is 0 Å². The third-order valence-corrected chi connectivity index (χ3v) is 5.14. The number of aryl methyl sites for hydroxylation is 1. The highest BCUT2D eigenvalue weighted by Gasteiger charge is 2.36. The van der Waals surface area contributed by atoms with Gasteiger partial charge in [-0.3, -0.25) is 9.48 Å². The molecule has 2 heterocycles. The van der Waals surface area contributed by atoms with Crippen LogP contribution in [0.2, 0.25) is 0 Å². The zero-order valence-corrected chi connectivity index (χ0v) is 13.0. The van der Waals surface area contributed by atoms with Crippen LogP contribution in [0.1, 0.15) is 44.1 Å². The van der Waals surface area contributed by atoms with Crippen molar-refractivity contribution in [1.29, 1.82) is 0 Å². The van der Waals surface area contributed by atoms with E-state index in [0.717, 1.165) is 19.5 Å². The summed E-state index contributed by atoms with van der Waals surface area (Å²) in [5, 5.41) is 10.9. The van der Waals surface area contributed by atoms with Gasteiger partial charge in [-0.05, 0) is 24.3 Å². The van der Waals surface area contributed by atoms with Crippen molar-refractivity contribution < 1.29 is 4.79 Å². The van der Waals surface area contributed by atoms with Crippen LogP contribution in [0.4, 0.5) is 0 Å². The van der Waals surface area contributed by atoms with Gasteiger partial charge in [0.2, 0.25) is 5.91 Å². The lowest BCUT2D eigenvalue weighted by atomic mass is 9.84. The molecule has 1 aliphatic carbocycles. The number of nitrogens with one attached hydrogen (secondary N) is 2. The second-order valence-electron chi connectivity index (χ2n) is 6.70. The minimum atomic E-state index is 0.0309. The lowest BCUT2D eigenvalue weighted by Gasteiger charge is -2.31. The average molecular weight is 290 g/mol. The third-order valence-electron chi connectivity index (χ3n) is 5.14. The van der Waals surface area contributed by atoms with Gasteiger partial charge in [0.05, 0.1) is 12.1 Å². The van der Waals surface area contributed by atoms with Gasteiger partial charge in [-0.25, -0.2) is 0 Å². The lowest BCUT2D eigenvalue weighted by Crippen LogP contribution is -2.45. The number of carbonyl (C=O) groups excluding carboxylic acids is 1. The second-order valence-corrected chi connectivity index (χ2v) is 6.70. The standard InChI is InChI=1S/C16H26N4O/c1-11-5-3-4-6-15(11)19-16(21)14-9-17-8-13(14)12-7-18-20(2)10-12/h7,10-11,13-15,17H,3-6,8-9H2,1-2H3,(H,19,21)/t11?,13-,14+,15?/m1/s1. The number of hydrogen-bond donors (Lipinski definition) is 2. The highest BCUT2D eigenvalue weighted by molar-refractivity contribution is 5.80. The first-order chi connectivity index (χ1) is 10.1. The Bertz CT molecular complexity index is 498. The predicted molar refractivity (Wildman–Crippen MR) is 81.9 cm³/mol. The molecule has 5 heteroatoms. The Hall–Kier alpha value is -1.36. The Labute approximate surface area is 126 Å². The molecule has 0 bridgehead atoms. The molecule has 3 rings (SSSR count). The van der Waals surface area contributed by atoms with Gasteiger partial charge in [0, 0.05) is 38.3 Å². The quantitative estimate of drug-likeness (QED) is 0.885. The summed E-state index contributed by atoms with van der Waals surface area (Å²) in [5.41, 5.74) is 1.17. The molecular formula is C16H26N4O. The molecule has 0 radical (unpaired) electrons. The minimum Gasteiger partial charge on any atom is -0.353 e. The zero-order valence-electron chi connectivity index (χ0n) is 13.0. The fourth-order valence-electron chi connectivity index (χ4n) is 3.76. The normalized spacial score (nSPS) is 33.0. The van der Waals surface area contributed by atoms with E-state index in [0.29, 0.717) is 12.0 Å². The van der Waals surface area contributed by atoms with Gasteiger partial charge in [0.15, 0.2) is 0 Å². The second kappa shape index (κ2) is 6.18. The Morgan fingerprint density at radius 1 is 1.38 bits per heavy atom. The largest absolute Gasteiger partial charge is 0.353 e. The fraction of sp³-hybridized carbons (Fsp3) is 0.750. The van der Waals surface area contributed by atoms with Crippen LogP contribution in [0.15, 0.2) is 12.4 Å². The van der Waals surface area contributed by atoms with Crippen LogP contribution in [0, 0.1) is 11.8 Å². The number of carbonyl (C=O) groups is 1. The number of rotatable bonds is 3. The molecule has 2 aliphatic rings. The first kappa shape index (κ1) is 14.6. The monoisotopic (exact) mass is 290 g/mol. The first-order valence-electron chi connectivity index (χ1n) is 8.15. The third kappa shape index (κ3) is 3.12. The molecule has 116 valence electrons. The highest BCUT2D eigenvalue weighted by Crippen LogP contribution is 2.29. The van der Waals surface area contributed by atoms with Gasteiger partial charge in [-0.1, -0.05) is 19.8 Å². The molecule has 1 aromatic heterocycles. The summed E-state index contributed by atoms with van der Waals surface area (Å²) in [6.45, 7) is 3.89. The van der Waals surface area contributed by atoms with Gasteiger partial charge in [-0.2, -0.15) is 5.10 Å². The summed E-state index contributed by atoms with van der Waals surface area (Å²) in [6, 6.07) is 0.362. The SMILES string of the molecule is CC1CCCCC1NC(=O)[C@H]1CNC[C@@H]1c1cnn(C)c1. The Balaban J connectivity index is 1.65. The molecule has 1 amide bonds. The minimum absolute atomic E-state index is 0.0309. The van der Waals surface area contributed by atoms with E-state index in [1.54, 1.807) is 0 Å². The topological polar surface area (TPSA) is 59.0 Å². The van der Waals surface area contributed by atoms with E-state index in [1.807, 2.05) is 24.1 Å². The Morgan fingerprint density at radius 2 is 2.19 bits per heavy atom. The van der Waals surface area contributed by atoms with Crippen LogP contribution < -0.4 is 10.6 Å². The zero-order chi connectivity index (χ0) is 14.8.